The lowest BCUT2D eigenvalue weighted by Gasteiger charge is -2.40. The molecule has 2 aliphatic heterocycles. The van der Waals surface area contributed by atoms with E-state index in [0.29, 0.717) is 37.7 Å². The number of piperazine rings is 1. The van der Waals surface area contributed by atoms with Crippen LogP contribution in [0, 0.1) is 5.92 Å². The molecule has 2 aliphatic rings. The summed E-state index contributed by atoms with van der Waals surface area (Å²) in [4.78, 5) is 40.2. The number of nitrogens with one attached hydrogen (secondary N) is 2. The highest BCUT2D eigenvalue weighted by Crippen LogP contribution is 2.35. The summed E-state index contributed by atoms with van der Waals surface area (Å²) in [6.07, 6.45) is 2.80. The molecule has 0 saturated carbocycles. The molecule has 1 aromatic heterocycles. The number of anilines is 2. The number of para-hydroxylation sites is 3. The van der Waals surface area contributed by atoms with Gasteiger partial charge in [0.15, 0.2) is 0 Å². The topological polar surface area (TPSA) is 84.2 Å². The molecule has 6 rings (SSSR count). The van der Waals surface area contributed by atoms with E-state index in [2.05, 4.69) is 40.3 Å². The number of aromatic nitrogens is 1. The SMILES string of the molecule is COc1ccccc1N1CCN(C(=O)NC(C(=O)N2C[C@@H](CN(C)C)Cc3cc(Cl)ccc32)C(C)c2c[nH]c3ccccc23)CC1. The van der Waals surface area contributed by atoms with E-state index in [0.717, 1.165) is 52.1 Å². The van der Waals surface area contributed by atoms with Crippen LogP contribution in [0.2, 0.25) is 5.02 Å². The van der Waals surface area contributed by atoms with Gasteiger partial charge in [-0.1, -0.05) is 48.9 Å². The number of fused-ring (bicyclic) bond motifs is 2. The number of benzene rings is 3. The molecule has 242 valence electrons. The van der Waals surface area contributed by atoms with Gasteiger partial charge in [-0.3, -0.25) is 4.79 Å². The Morgan fingerprint density at radius 3 is 2.52 bits per heavy atom. The molecule has 3 atom stereocenters. The molecule has 0 aliphatic carbocycles. The zero-order valence-corrected chi connectivity index (χ0v) is 27.8. The van der Waals surface area contributed by atoms with E-state index in [1.807, 2.05) is 83.6 Å². The van der Waals surface area contributed by atoms with Crippen molar-refractivity contribution in [1.82, 2.24) is 20.1 Å². The number of ether oxygens (including phenoxy) is 1. The molecule has 0 spiro atoms. The number of aromatic amines is 1. The summed E-state index contributed by atoms with van der Waals surface area (Å²) in [5.41, 5.74) is 4.92. The van der Waals surface area contributed by atoms with Crippen LogP contribution >= 0.6 is 11.6 Å². The number of carbonyl (C=O) groups is 2. The van der Waals surface area contributed by atoms with E-state index < -0.39 is 6.04 Å². The summed E-state index contributed by atoms with van der Waals surface area (Å²) in [5, 5.41) is 4.91. The maximum absolute atomic E-state index is 14.8. The molecule has 1 fully saturated rings. The first kappa shape index (κ1) is 31.8. The number of hydrogen-bond donors (Lipinski definition) is 2. The Bertz CT molecular complexity index is 1700. The molecule has 0 radical (unpaired) electrons. The Morgan fingerprint density at radius 2 is 1.76 bits per heavy atom. The molecule has 9 nitrogen and oxygen atoms in total. The first-order valence-corrected chi connectivity index (χ1v) is 16.3. The van der Waals surface area contributed by atoms with Crippen LogP contribution in [-0.2, 0) is 11.2 Å². The number of amides is 3. The minimum absolute atomic E-state index is 0.120. The number of nitrogens with zero attached hydrogens (tertiary/aromatic N) is 4. The van der Waals surface area contributed by atoms with E-state index in [9.17, 15) is 9.59 Å². The summed E-state index contributed by atoms with van der Waals surface area (Å²) in [6, 6.07) is 20.7. The van der Waals surface area contributed by atoms with Crippen LogP contribution in [0.4, 0.5) is 16.2 Å². The van der Waals surface area contributed by atoms with Crippen LogP contribution in [0.1, 0.15) is 24.0 Å². The molecule has 2 unspecified atom stereocenters. The van der Waals surface area contributed by atoms with Crippen LogP contribution in [0.15, 0.2) is 72.9 Å². The Labute approximate surface area is 276 Å². The van der Waals surface area contributed by atoms with Crippen molar-refractivity contribution in [3.8, 4) is 5.75 Å². The van der Waals surface area contributed by atoms with Crippen LogP contribution in [0.3, 0.4) is 0 Å². The minimum atomic E-state index is -0.791. The lowest BCUT2D eigenvalue weighted by molar-refractivity contribution is -0.121. The maximum atomic E-state index is 14.8. The molecule has 3 amide bonds. The van der Waals surface area contributed by atoms with Crippen molar-refractivity contribution in [2.24, 2.45) is 5.92 Å². The first-order chi connectivity index (χ1) is 22.2. The average Bonchev–Trinajstić information content (AvgIpc) is 3.50. The molecule has 3 aromatic carbocycles. The lowest BCUT2D eigenvalue weighted by atomic mass is 9.88. The summed E-state index contributed by atoms with van der Waals surface area (Å²) in [7, 11) is 5.78. The Morgan fingerprint density at radius 1 is 1.02 bits per heavy atom. The van der Waals surface area contributed by atoms with Crippen molar-refractivity contribution in [3.63, 3.8) is 0 Å². The lowest BCUT2D eigenvalue weighted by Crippen LogP contribution is -2.58. The molecule has 3 heterocycles. The van der Waals surface area contributed by atoms with Crippen molar-refractivity contribution >= 4 is 45.8 Å². The highest BCUT2D eigenvalue weighted by Gasteiger charge is 2.38. The second-order valence-corrected chi connectivity index (χ2v) is 13.1. The van der Waals surface area contributed by atoms with Crippen molar-refractivity contribution < 1.29 is 14.3 Å². The summed E-state index contributed by atoms with van der Waals surface area (Å²) < 4.78 is 5.57. The van der Waals surface area contributed by atoms with E-state index in [1.54, 1.807) is 7.11 Å². The zero-order valence-electron chi connectivity index (χ0n) is 27.0. The highest BCUT2D eigenvalue weighted by atomic mass is 35.5. The van der Waals surface area contributed by atoms with Gasteiger partial charge in [0.2, 0.25) is 5.91 Å². The summed E-state index contributed by atoms with van der Waals surface area (Å²) in [5.74, 6) is 0.625. The summed E-state index contributed by atoms with van der Waals surface area (Å²) >= 11 is 6.42. The third-order valence-electron chi connectivity index (χ3n) is 9.32. The quantitative estimate of drug-likeness (QED) is 0.261. The molecule has 4 aromatic rings. The number of hydrogen-bond acceptors (Lipinski definition) is 5. The molecule has 1 saturated heterocycles. The van der Waals surface area contributed by atoms with Gasteiger partial charge in [-0.05, 0) is 74.0 Å². The second kappa shape index (κ2) is 13.6. The van der Waals surface area contributed by atoms with Gasteiger partial charge in [0.05, 0.1) is 12.8 Å². The molecular weight excluding hydrogens is 600 g/mol. The molecule has 46 heavy (non-hydrogen) atoms. The largest absolute Gasteiger partial charge is 0.495 e. The number of rotatable bonds is 8. The van der Waals surface area contributed by atoms with Crippen LogP contribution < -0.4 is 19.9 Å². The fourth-order valence-electron chi connectivity index (χ4n) is 7.04. The molecule has 10 heteroatoms. The van der Waals surface area contributed by atoms with E-state index in [-0.39, 0.29) is 23.8 Å². The first-order valence-electron chi connectivity index (χ1n) is 16.0. The highest BCUT2D eigenvalue weighted by molar-refractivity contribution is 6.30. The third kappa shape index (κ3) is 6.52. The van der Waals surface area contributed by atoms with Gasteiger partial charge in [0.1, 0.15) is 11.8 Å². The van der Waals surface area contributed by atoms with Gasteiger partial charge >= 0.3 is 6.03 Å². The van der Waals surface area contributed by atoms with Crippen molar-refractivity contribution in [1.29, 1.82) is 0 Å². The number of H-pyrrole nitrogens is 1. The fourth-order valence-corrected chi connectivity index (χ4v) is 7.24. The maximum Gasteiger partial charge on any atom is 0.318 e. The minimum Gasteiger partial charge on any atom is -0.495 e. The van der Waals surface area contributed by atoms with Crippen molar-refractivity contribution in [3.05, 3.63) is 89.1 Å². The van der Waals surface area contributed by atoms with Crippen LogP contribution in [0.5, 0.6) is 5.75 Å². The number of carbonyl (C=O) groups excluding carboxylic acids is 2. The molecule has 2 N–H and O–H groups in total. The van der Waals surface area contributed by atoms with Gasteiger partial charge in [0.25, 0.3) is 0 Å². The normalized spacial score (nSPS) is 18.0. The van der Waals surface area contributed by atoms with Crippen LogP contribution in [0.25, 0.3) is 10.9 Å². The smallest absolute Gasteiger partial charge is 0.318 e. The van der Waals surface area contributed by atoms with Gasteiger partial charge in [0, 0.05) is 73.0 Å². The zero-order chi connectivity index (χ0) is 32.4. The Kier molecular flexibility index (Phi) is 9.42. The fraction of sp³-hybridized carbons (Fsp3) is 0.389. The van der Waals surface area contributed by atoms with E-state index in [1.165, 1.54) is 0 Å². The number of urea groups is 1. The summed E-state index contributed by atoms with van der Waals surface area (Å²) in [6.45, 7) is 5.82. The predicted octanol–water partition coefficient (Wildman–Crippen LogP) is 5.60. The van der Waals surface area contributed by atoms with Gasteiger partial charge < -0.3 is 34.6 Å². The second-order valence-electron chi connectivity index (χ2n) is 12.7. The number of methoxy groups -OCH3 is 1. The third-order valence-corrected chi connectivity index (χ3v) is 9.56. The standard InChI is InChI=1S/C36H43ClN6O3/c1-24(29-21-38-30-10-6-5-9-28(29)30)34(35(44)43-23-25(22-40(2)3)19-26-20-27(37)13-14-31(26)43)39-36(45)42-17-15-41(16-18-42)32-11-7-8-12-33(32)46-4/h5-14,20-21,24-25,34,38H,15-19,22-23H2,1-4H3,(H,39,45)/t24?,25-,34?/m1/s1. The number of halogens is 1. The van der Waals surface area contributed by atoms with E-state index >= 15 is 0 Å². The van der Waals surface area contributed by atoms with Gasteiger partial charge in [-0.15, -0.1) is 0 Å². The van der Waals surface area contributed by atoms with Crippen LogP contribution in [-0.4, -0.2) is 93.2 Å². The van der Waals surface area contributed by atoms with Crippen molar-refractivity contribution in [2.75, 3.05) is 70.3 Å². The van der Waals surface area contributed by atoms with E-state index in [4.69, 9.17) is 16.3 Å². The monoisotopic (exact) mass is 642 g/mol. The van der Waals surface area contributed by atoms with Gasteiger partial charge in [-0.2, -0.15) is 0 Å². The van der Waals surface area contributed by atoms with Gasteiger partial charge in [-0.25, -0.2) is 4.79 Å². The molecule has 0 bridgehead atoms. The Hall–Kier alpha value is -4.21. The molecular formula is C36H43ClN6O3. The van der Waals surface area contributed by atoms with Crippen molar-refractivity contribution in [2.45, 2.75) is 25.3 Å². The predicted molar refractivity (Wildman–Crippen MR) is 185 cm³/mol. The average molecular weight is 643 g/mol. The Balaban J connectivity index is 1.28.